The Bertz CT molecular complexity index is 1160. The number of unbranched alkanes of at least 4 members (excludes halogenated alkanes) is 1. The predicted octanol–water partition coefficient (Wildman–Crippen LogP) is 4.42. The number of hydrogen-bond acceptors (Lipinski definition) is 7. The molecule has 1 aliphatic heterocycles. The van der Waals surface area contributed by atoms with Gasteiger partial charge in [0, 0.05) is 55.9 Å². The topological polar surface area (TPSA) is 118 Å². The fourth-order valence-electron chi connectivity index (χ4n) is 6.13. The monoisotopic (exact) mass is 573 g/mol. The maximum Gasteiger partial charge on any atom is 0.226 e. The van der Waals surface area contributed by atoms with E-state index < -0.39 is 11.4 Å². The number of aliphatic hydroxyl groups is 2. The molecule has 0 radical (unpaired) electrons. The van der Waals surface area contributed by atoms with Gasteiger partial charge >= 0.3 is 0 Å². The number of pyridine rings is 1. The zero-order valence-electron chi connectivity index (χ0n) is 23.9. The Labute approximate surface area is 242 Å². The number of aromatic nitrogens is 1. The third-order valence-corrected chi connectivity index (χ3v) is 8.79. The quantitative estimate of drug-likeness (QED) is 0.207. The van der Waals surface area contributed by atoms with Crippen LogP contribution < -0.4 is 5.73 Å². The van der Waals surface area contributed by atoms with Gasteiger partial charge in [0.2, 0.25) is 5.91 Å². The Kier molecular flexibility index (Phi) is 10.2. The number of hydrogen-bond donors (Lipinski definition) is 3. The summed E-state index contributed by atoms with van der Waals surface area (Å²) in [5.41, 5.74) is 8.43. The van der Waals surface area contributed by atoms with E-state index in [-0.39, 0.29) is 24.0 Å². The summed E-state index contributed by atoms with van der Waals surface area (Å²) in [6.45, 7) is 5.42. The van der Waals surface area contributed by atoms with Crippen LogP contribution in [0.4, 0.5) is 0 Å². The van der Waals surface area contributed by atoms with Gasteiger partial charge in [0.25, 0.3) is 0 Å². The maximum absolute atomic E-state index is 13.1. The number of ether oxygens (including phenoxy) is 2. The normalized spacial score (nSPS) is 26.6. The molecular weight excluding hydrogens is 530 g/mol. The molecule has 1 aliphatic carbocycles. The Hall–Kier alpha value is -2.07. The van der Waals surface area contributed by atoms with E-state index in [2.05, 4.69) is 24.0 Å². The van der Waals surface area contributed by atoms with Gasteiger partial charge in [-0.25, -0.2) is 4.98 Å². The van der Waals surface area contributed by atoms with Gasteiger partial charge in [0.05, 0.1) is 18.3 Å². The lowest BCUT2D eigenvalue weighted by molar-refractivity contribution is -0.199. The van der Waals surface area contributed by atoms with Gasteiger partial charge in [0.1, 0.15) is 5.15 Å². The summed E-state index contributed by atoms with van der Waals surface area (Å²) in [6.07, 6.45) is 7.03. The lowest BCUT2D eigenvalue weighted by Crippen LogP contribution is -2.47. The predicted molar refractivity (Wildman–Crippen MR) is 156 cm³/mol. The van der Waals surface area contributed by atoms with Crippen LogP contribution in [-0.4, -0.2) is 70.6 Å². The standard InChI is InChI=1S/C31H44ClN3O5/c1-4-8-21-9-7-10-22(17-21)27-25(12-14-34-28(27)32)31(38,39-3)13-6-5-11-24-20-35(15-16-40-24)29(36)23-18-26(33)30(2,37)19-23/h7,9-10,12,14,17,23-24,26,37-38H,4-6,8,11,13,15-16,18-20,33H2,1-3H3. The van der Waals surface area contributed by atoms with Gasteiger partial charge in [-0.2, -0.15) is 0 Å². The lowest BCUT2D eigenvalue weighted by atomic mass is 9.91. The average Bonchev–Trinajstić information content (AvgIpc) is 3.22. The van der Waals surface area contributed by atoms with Crippen molar-refractivity contribution in [2.24, 2.45) is 11.7 Å². The molecule has 40 heavy (non-hydrogen) atoms. The molecule has 1 aromatic heterocycles. The summed E-state index contributed by atoms with van der Waals surface area (Å²) in [6, 6.07) is 9.56. The first-order valence-electron chi connectivity index (χ1n) is 14.5. The lowest BCUT2D eigenvalue weighted by Gasteiger charge is -2.35. The number of aryl methyl sites for hydroxylation is 1. The van der Waals surface area contributed by atoms with Crippen molar-refractivity contribution < 1.29 is 24.5 Å². The molecule has 1 saturated carbocycles. The van der Waals surface area contributed by atoms with Crippen LogP contribution in [0.2, 0.25) is 5.15 Å². The maximum atomic E-state index is 13.1. The fraction of sp³-hybridized carbons (Fsp3) is 0.613. The molecule has 220 valence electrons. The number of morpholine rings is 1. The number of rotatable bonds is 11. The Morgan fingerprint density at radius 1 is 1.35 bits per heavy atom. The molecule has 4 N–H and O–H groups in total. The number of halogens is 1. The fourth-order valence-corrected chi connectivity index (χ4v) is 6.39. The van der Waals surface area contributed by atoms with E-state index in [1.165, 1.54) is 12.7 Å². The van der Waals surface area contributed by atoms with Crippen LogP contribution in [0.5, 0.6) is 0 Å². The molecule has 1 saturated heterocycles. The summed E-state index contributed by atoms with van der Waals surface area (Å²) in [4.78, 5) is 19.3. The van der Waals surface area contributed by atoms with Crippen molar-refractivity contribution in [3.63, 3.8) is 0 Å². The molecule has 2 aromatic rings. The largest absolute Gasteiger partial charge is 0.389 e. The van der Waals surface area contributed by atoms with Crippen LogP contribution >= 0.6 is 11.6 Å². The highest BCUT2D eigenvalue weighted by molar-refractivity contribution is 6.32. The highest BCUT2D eigenvalue weighted by Crippen LogP contribution is 2.40. The van der Waals surface area contributed by atoms with E-state index in [4.69, 9.17) is 26.8 Å². The van der Waals surface area contributed by atoms with Gasteiger partial charge in [-0.05, 0) is 56.2 Å². The third-order valence-electron chi connectivity index (χ3n) is 8.51. The summed E-state index contributed by atoms with van der Waals surface area (Å²) in [5, 5.41) is 22.4. The molecule has 5 unspecified atom stereocenters. The van der Waals surface area contributed by atoms with E-state index in [9.17, 15) is 15.0 Å². The van der Waals surface area contributed by atoms with E-state index >= 15 is 0 Å². The zero-order valence-corrected chi connectivity index (χ0v) is 24.7. The Morgan fingerprint density at radius 3 is 2.85 bits per heavy atom. The van der Waals surface area contributed by atoms with Crippen molar-refractivity contribution in [2.75, 3.05) is 26.8 Å². The summed E-state index contributed by atoms with van der Waals surface area (Å²) < 4.78 is 11.7. The summed E-state index contributed by atoms with van der Waals surface area (Å²) in [5.74, 6) is -1.72. The number of methoxy groups -OCH3 is 1. The van der Waals surface area contributed by atoms with Crippen molar-refractivity contribution >= 4 is 17.5 Å². The van der Waals surface area contributed by atoms with Crippen LogP contribution in [0.3, 0.4) is 0 Å². The van der Waals surface area contributed by atoms with Crippen molar-refractivity contribution in [2.45, 2.75) is 88.7 Å². The van der Waals surface area contributed by atoms with Crippen molar-refractivity contribution in [3.05, 3.63) is 52.8 Å². The molecule has 5 atom stereocenters. The van der Waals surface area contributed by atoms with E-state index in [1.807, 2.05) is 17.0 Å². The molecular formula is C31H44ClN3O5. The number of nitrogens with two attached hydrogens (primary N) is 1. The van der Waals surface area contributed by atoms with Crippen LogP contribution in [0.25, 0.3) is 11.1 Å². The van der Waals surface area contributed by atoms with Crippen LogP contribution in [0.15, 0.2) is 36.5 Å². The number of carbonyl (C=O) groups is 1. The zero-order chi connectivity index (χ0) is 28.9. The smallest absolute Gasteiger partial charge is 0.226 e. The number of amides is 1. The van der Waals surface area contributed by atoms with Crippen LogP contribution in [0, 0.1) is 5.92 Å². The van der Waals surface area contributed by atoms with Crippen molar-refractivity contribution in [1.29, 1.82) is 0 Å². The van der Waals surface area contributed by atoms with Gasteiger partial charge in [-0.1, -0.05) is 55.6 Å². The van der Waals surface area contributed by atoms with Gasteiger partial charge in [0.15, 0.2) is 5.79 Å². The van der Waals surface area contributed by atoms with Crippen LogP contribution in [-0.2, 0) is 26.5 Å². The molecule has 0 bridgehead atoms. The van der Waals surface area contributed by atoms with Crippen molar-refractivity contribution in [3.8, 4) is 11.1 Å². The Balaban J connectivity index is 1.37. The highest BCUT2D eigenvalue weighted by Gasteiger charge is 2.45. The summed E-state index contributed by atoms with van der Waals surface area (Å²) >= 11 is 6.58. The molecule has 9 heteroatoms. The summed E-state index contributed by atoms with van der Waals surface area (Å²) in [7, 11) is 1.51. The van der Waals surface area contributed by atoms with Gasteiger partial charge < -0.3 is 30.3 Å². The molecule has 4 rings (SSSR count). The number of nitrogens with zero attached hydrogens (tertiary/aromatic N) is 2. The minimum Gasteiger partial charge on any atom is -0.389 e. The minimum atomic E-state index is -1.53. The third kappa shape index (κ3) is 7.04. The molecule has 1 aromatic carbocycles. The van der Waals surface area contributed by atoms with E-state index in [0.29, 0.717) is 61.7 Å². The molecule has 2 fully saturated rings. The van der Waals surface area contributed by atoms with E-state index in [0.717, 1.165) is 31.2 Å². The van der Waals surface area contributed by atoms with Crippen LogP contribution in [0.1, 0.15) is 69.9 Å². The van der Waals surface area contributed by atoms with Gasteiger partial charge in [-0.3, -0.25) is 4.79 Å². The second-order valence-corrected chi connectivity index (χ2v) is 11.9. The van der Waals surface area contributed by atoms with Gasteiger partial charge in [-0.15, -0.1) is 0 Å². The first kappa shape index (κ1) is 30.9. The first-order valence-corrected chi connectivity index (χ1v) is 14.9. The number of carbonyl (C=O) groups excluding carboxylic acids is 1. The molecule has 1 amide bonds. The first-order chi connectivity index (χ1) is 19.1. The average molecular weight is 574 g/mol. The minimum absolute atomic E-state index is 0.0559. The van der Waals surface area contributed by atoms with E-state index in [1.54, 1.807) is 19.2 Å². The molecule has 0 spiro atoms. The second-order valence-electron chi connectivity index (χ2n) is 11.6. The SMILES string of the molecule is CCCc1cccc(-c2c(C(O)(CCCCC3CN(C(=O)C4CC(N)C(C)(O)C4)CCO3)OC)ccnc2Cl)c1. The highest BCUT2D eigenvalue weighted by atomic mass is 35.5. The molecule has 2 aliphatic rings. The Morgan fingerprint density at radius 2 is 2.15 bits per heavy atom. The molecule has 2 heterocycles. The number of benzene rings is 1. The molecule has 8 nitrogen and oxygen atoms in total. The second kappa shape index (κ2) is 13.3. The van der Waals surface area contributed by atoms with Crippen molar-refractivity contribution in [1.82, 2.24) is 9.88 Å².